The van der Waals surface area contributed by atoms with Gasteiger partial charge in [0.2, 0.25) is 0 Å². The van der Waals surface area contributed by atoms with Crippen LogP contribution in [0.15, 0.2) is 53.7 Å². The molecule has 0 unspecified atom stereocenters. The van der Waals surface area contributed by atoms with Gasteiger partial charge >= 0.3 is 6.18 Å². The third-order valence-corrected chi connectivity index (χ3v) is 3.10. The van der Waals surface area contributed by atoms with Crippen LogP contribution in [-0.2, 0) is 15.8 Å². The number of hydrogen-bond donors (Lipinski definition) is 1. The Kier molecular flexibility index (Phi) is 5.81. The molecular formula is C16H12ClF3N2O2. The molecule has 0 aromatic heterocycles. The molecule has 4 nitrogen and oxygen atoms in total. The monoisotopic (exact) mass is 356 g/mol. The molecule has 2 aromatic carbocycles. The number of para-hydroxylation sites is 1. The zero-order valence-corrected chi connectivity index (χ0v) is 12.9. The number of carbonyl (C=O) groups excluding carboxylic acids is 1. The fourth-order valence-corrected chi connectivity index (χ4v) is 1.89. The quantitative estimate of drug-likeness (QED) is 0.639. The molecule has 0 aliphatic carbocycles. The Morgan fingerprint density at radius 2 is 1.83 bits per heavy atom. The first-order valence-electron chi connectivity index (χ1n) is 6.73. The molecule has 0 aliphatic heterocycles. The molecule has 2 rings (SSSR count). The van der Waals surface area contributed by atoms with Crippen molar-refractivity contribution in [2.45, 2.75) is 6.18 Å². The Labute approximate surface area is 140 Å². The molecule has 1 amide bonds. The first-order chi connectivity index (χ1) is 11.4. The van der Waals surface area contributed by atoms with Gasteiger partial charge in [0, 0.05) is 5.02 Å². The van der Waals surface area contributed by atoms with Crippen molar-refractivity contribution >= 4 is 29.4 Å². The van der Waals surface area contributed by atoms with E-state index in [4.69, 9.17) is 16.4 Å². The van der Waals surface area contributed by atoms with Crippen molar-refractivity contribution < 1.29 is 22.8 Å². The summed E-state index contributed by atoms with van der Waals surface area (Å²) in [7, 11) is 0. The highest BCUT2D eigenvalue weighted by atomic mass is 35.5. The largest absolute Gasteiger partial charge is 0.418 e. The van der Waals surface area contributed by atoms with Crippen LogP contribution in [0.3, 0.4) is 0 Å². The second-order valence-electron chi connectivity index (χ2n) is 4.65. The predicted octanol–water partition coefficient (Wildman–Crippen LogP) is 4.35. The number of nitrogens with zero attached hydrogens (tertiary/aromatic N) is 1. The topological polar surface area (TPSA) is 50.7 Å². The minimum atomic E-state index is -4.56. The third kappa shape index (κ3) is 5.27. The Balaban J connectivity index is 1.89. The normalized spacial score (nSPS) is 11.5. The highest BCUT2D eigenvalue weighted by Gasteiger charge is 2.33. The summed E-state index contributed by atoms with van der Waals surface area (Å²) >= 11 is 5.73. The third-order valence-electron chi connectivity index (χ3n) is 2.85. The van der Waals surface area contributed by atoms with Crippen LogP contribution in [0.5, 0.6) is 0 Å². The highest BCUT2D eigenvalue weighted by Crippen LogP contribution is 2.34. The molecule has 1 N–H and O–H groups in total. The molecular weight excluding hydrogens is 345 g/mol. The molecule has 0 heterocycles. The van der Waals surface area contributed by atoms with Crippen LogP contribution in [0.2, 0.25) is 5.02 Å². The molecule has 0 radical (unpaired) electrons. The molecule has 24 heavy (non-hydrogen) atoms. The van der Waals surface area contributed by atoms with Crippen LogP contribution >= 0.6 is 11.6 Å². The van der Waals surface area contributed by atoms with Gasteiger partial charge in [-0.3, -0.25) is 4.79 Å². The van der Waals surface area contributed by atoms with Gasteiger partial charge in [0.1, 0.15) is 0 Å². The van der Waals surface area contributed by atoms with E-state index in [1.165, 1.54) is 18.3 Å². The van der Waals surface area contributed by atoms with Gasteiger partial charge in [-0.2, -0.15) is 13.2 Å². The summed E-state index contributed by atoms with van der Waals surface area (Å²) in [6.07, 6.45) is -3.20. The molecule has 0 spiro atoms. The van der Waals surface area contributed by atoms with E-state index in [0.717, 1.165) is 12.1 Å². The molecule has 0 saturated heterocycles. The van der Waals surface area contributed by atoms with Crippen LogP contribution < -0.4 is 5.32 Å². The first kappa shape index (κ1) is 17.8. The number of nitrogens with one attached hydrogen (secondary N) is 1. The molecule has 0 aliphatic rings. The van der Waals surface area contributed by atoms with Gasteiger partial charge in [0.15, 0.2) is 6.61 Å². The van der Waals surface area contributed by atoms with Crippen LogP contribution in [0.25, 0.3) is 0 Å². The van der Waals surface area contributed by atoms with Crippen LogP contribution in [0, 0.1) is 0 Å². The van der Waals surface area contributed by atoms with Crippen molar-refractivity contribution in [3.8, 4) is 0 Å². The summed E-state index contributed by atoms with van der Waals surface area (Å²) < 4.78 is 38.4. The van der Waals surface area contributed by atoms with Gasteiger partial charge in [-0.1, -0.05) is 41.0 Å². The van der Waals surface area contributed by atoms with E-state index in [1.54, 1.807) is 24.3 Å². The van der Waals surface area contributed by atoms with Gasteiger partial charge < -0.3 is 10.2 Å². The lowest BCUT2D eigenvalue weighted by Gasteiger charge is -2.12. The lowest BCUT2D eigenvalue weighted by Crippen LogP contribution is -2.20. The average molecular weight is 357 g/mol. The maximum Gasteiger partial charge on any atom is 0.418 e. The Bertz CT molecular complexity index is 731. The van der Waals surface area contributed by atoms with Crippen molar-refractivity contribution in [3.05, 3.63) is 64.7 Å². The Morgan fingerprint density at radius 3 is 2.50 bits per heavy atom. The number of carbonyl (C=O) groups is 1. The van der Waals surface area contributed by atoms with E-state index in [0.29, 0.717) is 10.6 Å². The smallest absolute Gasteiger partial charge is 0.386 e. The van der Waals surface area contributed by atoms with Gasteiger partial charge in [0.05, 0.1) is 17.5 Å². The number of halogens is 4. The lowest BCUT2D eigenvalue weighted by molar-refractivity contribution is -0.137. The highest BCUT2D eigenvalue weighted by molar-refractivity contribution is 6.30. The lowest BCUT2D eigenvalue weighted by atomic mass is 10.1. The average Bonchev–Trinajstić information content (AvgIpc) is 2.53. The molecule has 0 saturated carbocycles. The molecule has 0 atom stereocenters. The van der Waals surface area contributed by atoms with E-state index >= 15 is 0 Å². The summed E-state index contributed by atoms with van der Waals surface area (Å²) in [6, 6.07) is 11.4. The van der Waals surface area contributed by atoms with Gasteiger partial charge in [-0.15, -0.1) is 0 Å². The second kappa shape index (κ2) is 7.83. The number of rotatable bonds is 5. The summed E-state index contributed by atoms with van der Waals surface area (Å²) in [5.41, 5.74) is -0.564. The Morgan fingerprint density at radius 1 is 1.17 bits per heavy atom. The molecule has 2 aromatic rings. The zero-order valence-electron chi connectivity index (χ0n) is 12.2. The van der Waals surface area contributed by atoms with Crippen molar-refractivity contribution in [2.75, 3.05) is 11.9 Å². The minimum absolute atomic E-state index is 0.333. The van der Waals surface area contributed by atoms with Crippen LogP contribution in [0.1, 0.15) is 11.1 Å². The van der Waals surface area contributed by atoms with Crippen molar-refractivity contribution in [2.24, 2.45) is 5.16 Å². The molecule has 0 fully saturated rings. The van der Waals surface area contributed by atoms with E-state index in [1.807, 2.05) is 0 Å². The number of alkyl halides is 3. The number of amides is 1. The fourth-order valence-electron chi connectivity index (χ4n) is 1.77. The van der Waals surface area contributed by atoms with Crippen LogP contribution in [-0.4, -0.2) is 18.7 Å². The predicted molar refractivity (Wildman–Crippen MR) is 85.1 cm³/mol. The SMILES string of the molecule is O=C(CO/N=C\c1ccc(Cl)cc1)Nc1ccccc1C(F)(F)F. The maximum absolute atomic E-state index is 12.8. The van der Waals surface area contributed by atoms with E-state index in [-0.39, 0.29) is 5.69 Å². The molecule has 126 valence electrons. The standard InChI is InChI=1S/C16H12ClF3N2O2/c17-12-7-5-11(6-8-12)9-21-24-10-15(23)22-14-4-2-1-3-13(14)16(18,19)20/h1-9H,10H2,(H,22,23)/b21-9-. The van der Waals surface area contributed by atoms with Gasteiger partial charge in [-0.05, 0) is 29.8 Å². The van der Waals surface area contributed by atoms with E-state index in [9.17, 15) is 18.0 Å². The van der Waals surface area contributed by atoms with Crippen molar-refractivity contribution in [1.82, 2.24) is 0 Å². The molecule has 8 heteroatoms. The van der Waals surface area contributed by atoms with Crippen molar-refractivity contribution in [1.29, 1.82) is 0 Å². The van der Waals surface area contributed by atoms with E-state index in [2.05, 4.69) is 10.5 Å². The summed E-state index contributed by atoms with van der Waals surface area (Å²) in [6.45, 7) is -0.518. The van der Waals surface area contributed by atoms with Gasteiger partial charge in [-0.25, -0.2) is 0 Å². The maximum atomic E-state index is 12.8. The summed E-state index contributed by atoms with van der Waals surface area (Å²) in [5.74, 6) is -0.750. The van der Waals surface area contributed by atoms with Crippen LogP contribution in [0.4, 0.5) is 18.9 Å². The van der Waals surface area contributed by atoms with Gasteiger partial charge in [0.25, 0.3) is 5.91 Å². The zero-order chi connectivity index (χ0) is 17.6. The molecule has 0 bridgehead atoms. The number of benzene rings is 2. The summed E-state index contributed by atoms with van der Waals surface area (Å²) in [4.78, 5) is 16.4. The fraction of sp³-hybridized carbons (Fsp3) is 0.125. The number of oxime groups is 1. The number of anilines is 1. The first-order valence-corrected chi connectivity index (χ1v) is 7.11. The van der Waals surface area contributed by atoms with E-state index < -0.39 is 24.3 Å². The summed E-state index contributed by atoms with van der Waals surface area (Å²) in [5, 5.41) is 6.29. The van der Waals surface area contributed by atoms with Crippen molar-refractivity contribution in [3.63, 3.8) is 0 Å². The minimum Gasteiger partial charge on any atom is -0.386 e. The Hall–Kier alpha value is -2.54. The number of hydrogen-bond acceptors (Lipinski definition) is 3. The second-order valence-corrected chi connectivity index (χ2v) is 5.09.